The van der Waals surface area contributed by atoms with Crippen molar-refractivity contribution in [3.63, 3.8) is 0 Å². The average Bonchev–Trinajstić information content (AvgIpc) is 2.79. The van der Waals surface area contributed by atoms with E-state index in [1.807, 2.05) is 6.07 Å². The zero-order chi connectivity index (χ0) is 24.5. The van der Waals surface area contributed by atoms with Crippen molar-refractivity contribution in [2.75, 3.05) is 11.5 Å². The van der Waals surface area contributed by atoms with E-state index in [0.29, 0.717) is 16.9 Å². The molecule has 3 aromatic rings. The fraction of sp³-hybridized carbons (Fsp3) is 0.250. The second-order valence-corrected chi connectivity index (χ2v) is 6.99. The Morgan fingerprint density at radius 1 is 0.912 bits per heavy atom. The lowest BCUT2D eigenvalue weighted by Crippen LogP contribution is -2.18. The Balaban J connectivity index is 2.02. The van der Waals surface area contributed by atoms with Crippen LogP contribution in [0.1, 0.15) is 18.1 Å². The van der Waals surface area contributed by atoms with E-state index in [1.165, 1.54) is 12.1 Å². The molecule has 2 aromatic carbocycles. The molecule has 180 valence electrons. The highest BCUT2D eigenvalue weighted by molar-refractivity contribution is 5.74. The lowest BCUT2D eigenvalue weighted by Gasteiger charge is -2.26. The summed E-state index contributed by atoms with van der Waals surface area (Å²) in [5, 5.41) is 0. The van der Waals surface area contributed by atoms with Gasteiger partial charge in [-0.2, -0.15) is 17.6 Å². The van der Waals surface area contributed by atoms with Gasteiger partial charge in [-0.1, -0.05) is 18.2 Å². The Labute approximate surface area is 193 Å². The van der Waals surface area contributed by atoms with E-state index in [9.17, 15) is 22.4 Å². The number of anilines is 2. The van der Waals surface area contributed by atoms with Gasteiger partial charge < -0.3 is 19.1 Å². The van der Waals surface area contributed by atoms with Crippen molar-refractivity contribution in [2.45, 2.75) is 33.1 Å². The minimum atomic E-state index is -3.24. The highest BCUT2D eigenvalue weighted by atomic mass is 19.3. The molecule has 0 N–H and O–H groups in total. The number of aromatic nitrogens is 1. The first kappa shape index (κ1) is 24.8. The van der Waals surface area contributed by atoms with Crippen LogP contribution in [0.3, 0.4) is 0 Å². The summed E-state index contributed by atoms with van der Waals surface area (Å²) in [6, 6.07) is 14.4. The molecule has 0 amide bonds. The molecule has 0 aliphatic heterocycles. The third-order valence-electron chi connectivity index (χ3n) is 4.61. The summed E-state index contributed by atoms with van der Waals surface area (Å²) in [6.45, 7) is -4.22. The molecule has 0 unspecified atom stereocenters. The van der Waals surface area contributed by atoms with E-state index in [4.69, 9.17) is 4.74 Å². The number of rotatable bonds is 11. The van der Waals surface area contributed by atoms with E-state index in [1.54, 1.807) is 54.5 Å². The quantitative estimate of drug-likeness (QED) is 0.259. The molecule has 0 bridgehead atoms. The Morgan fingerprint density at radius 3 is 2.29 bits per heavy atom. The first-order valence-electron chi connectivity index (χ1n) is 10.3. The number of esters is 1. The summed E-state index contributed by atoms with van der Waals surface area (Å²) in [7, 11) is 0. The predicted octanol–water partition coefficient (Wildman–Crippen LogP) is 5.73. The van der Waals surface area contributed by atoms with Gasteiger partial charge in [-0.15, -0.1) is 0 Å². The molecular formula is C24H22F4N2O4. The third-order valence-corrected chi connectivity index (χ3v) is 4.61. The second kappa shape index (κ2) is 11.9. The van der Waals surface area contributed by atoms with Crippen LogP contribution in [0.15, 0.2) is 67.0 Å². The summed E-state index contributed by atoms with van der Waals surface area (Å²) in [5.74, 6) is -1.44. The number of halogens is 4. The van der Waals surface area contributed by atoms with Gasteiger partial charge in [0.05, 0.1) is 13.0 Å². The van der Waals surface area contributed by atoms with Crippen LogP contribution in [-0.2, 0) is 22.5 Å². The van der Waals surface area contributed by atoms with Crippen LogP contribution >= 0.6 is 0 Å². The second-order valence-electron chi connectivity index (χ2n) is 6.99. The molecule has 3 rings (SSSR count). The summed E-state index contributed by atoms with van der Waals surface area (Å²) < 4.78 is 65.1. The van der Waals surface area contributed by atoms with Crippen molar-refractivity contribution < 1.29 is 36.6 Å². The van der Waals surface area contributed by atoms with Gasteiger partial charge in [0, 0.05) is 36.4 Å². The number of alkyl halides is 4. The number of hydrogen-bond donors (Lipinski definition) is 0. The SMILES string of the molecule is CCOC(=O)Cc1cccc(N(Cc2cccnc2)c2ccc(OC(F)F)c(OC(F)F)c2)c1. The maximum atomic E-state index is 12.9. The highest BCUT2D eigenvalue weighted by Crippen LogP contribution is 2.37. The van der Waals surface area contributed by atoms with Crippen LogP contribution in [0, 0.1) is 0 Å². The molecule has 0 atom stereocenters. The first-order chi connectivity index (χ1) is 16.4. The fourth-order valence-corrected chi connectivity index (χ4v) is 3.26. The van der Waals surface area contributed by atoms with Crippen LogP contribution in [0.4, 0.5) is 28.9 Å². The molecule has 6 nitrogen and oxygen atoms in total. The van der Waals surface area contributed by atoms with Gasteiger partial charge in [0.2, 0.25) is 0 Å². The van der Waals surface area contributed by atoms with Crippen molar-refractivity contribution in [3.8, 4) is 11.5 Å². The van der Waals surface area contributed by atoms with Gasteiger partial charge in [-0.05, 0) is 48.4 Å². The zero-order valence-corrected chi connectivity index (χ0v) is 18.2. The van der Waals surface area contributed by atoms with E-state index in [-0.39, 0.29) is 25.5 Å². The average molecular weight is 478 g/mol. The van der Waals surface area contributed by atoms with Crippen molar-refractivity contribution in [1.29, 1.82) is 0 Å². The molecule has 34 heavy (non-hydrogen) atoms. The monoisotopic (exact) mass is 478 g/mol. The van der Waals surface area contributed by atoms with Gasteiger partial charge in [-0.25, -0.2) is 0 Å². The zero-order valence-electron chi connectivity index (χ0n) is 18.2. The van der Waals surface area contributed by atoms with Gasteiger partial charge in [-0.3, -0.25) is 9.78 Å². The van der Waals surface area contributed by atoms with E-state index in [0.717, 1.165) is 11.6 Å². The maximum absolute atomic E-state index is 12.9. The van der Waals surface area contributed by atoms with Crippen molar-refractivity contribution >= 4 is 17.3 Å². The standard InChI is InChI=1S/C24H22F4N2O4/c1-2-32-22(31)12-16-5-3-7-18(11-16)30(15-17-6-4-10-29-14-17)19-8-9-20(33-23(25)26)21(13-19)34-24(27)28/h3-11,13-14,23-24H,2,12,15H2,1H3. The summed E-state index contributed by atoms with van der Waals surface area (Å²) in [6.07, 6.45) is 3.29. The van der Waals surface area contributed by atoms with E-state index >= 15 is 0 Å². The lowest BCUT2D eigenvalue weighted by molar-refractivity contribution is -0.142. The van der Waals surface area contributed by atoms with Crippen molar-refractivity contribution in [2.24, 2.45) is 0 Å². The van der Waals surface area contributed by atoms with Gasteiger partial charge in [0.25, 0.3) is 0 Å². The molecule has 0 saturated heterocycles. The van der Waals surface area contributed by atoms with E-state index in [2.05, 4.69) is 14.5 Å². The smallest absolute Gasteiger partial charge is 0.387 e. The van der Waals surface area contributed by atoms with Gasteiger partial charge >= 0.3 is 19.2 Å². The Kier molecular flexibility index (Phi) is 8.66. The molecule has 1 heterocycles. The number of ether oxygens (including phenoxy) is 3. The fourth-order valence-electron chi connectivity index (χ4n) is 3.26. The molecule has 10 heteroatoms. The van der Waals surface area contributed by atoms with E-state index < -0.39 is 24.7 Å². The highest BCUT2D eigenvalue weighted by Gasteiger charge is 2.19. The molecule has 1 aromatic heterocycles. The van der Waals surface area contributed by atoms with Crippen LogP contribution in [0.2, 0.25) is 0 Å². The summed E-state index contributed by atoms with van der Waals surface area (Å²) in [4.78, 5) is 17.8. The first-order valence-corrected chi connectivity index (χ1v) is 10.3. The molecule has 0 fully saturated rings. The normalized spacial score (nSPS) is 10.9. The molecule has 0 saturated carbocycles. The van der Waals surface area contributed by atoms with Crippen LogP contribution < -0.4 is 14.4 Å². The van der Waals surface area contributed by atoms with Crippen molar-refractivity contribution in [3.05, 3.63) is 78.1 Å². The topological polar surface area (TPSA) is 60.9 Å². The maximum Gasteiger partial charge on any atom is 0.387 e. The predicted molar refractivity (Wildman–Crippen MR) is 117 cm³/mol. The van der Waals surface area contributed by atoms with Crippen molar-refractivity contribution in [1.82, 2.24) is 4.98 Å². The summed E-state index contributed by atoms with van der Waals surface area (Å²) in [5.41, 5.74) is 2.46. The number of pyridine rings is 1. The Morgan fingerprint density at radius 2 is 1.62 bits per heavy atom. The third kappa shape index (κ3) is 7.09. The minimum Gasteiger partial charge on any atom is -0.466 e. The minimum absolute atomic E-state index is 0.0450. The van der Waals surface area contributed by atoms with Crippen LogP contribution in [0.25, 0.3) is 0 Å². The Hall–Kier alpha value is -3.82. The molecule has 0 radical (unpaired) electrons. The van der Waals surface area contributed by atoms with Gasteiger partial charge in [0.15, 0.2) is 11.5 Å². The lowest BCUT2D eigenvalue weighted by atomic mass is 10.1. The van der Waals surface area contributed by atoms with Crippen LogP contribution in [-0.4, -0.2) is 30.8 Å². The molecule has 0 spiro atoms. The van der Waals surface area contributed by atoms with Crippen LogP contribution in [0.5, 0.6) is 11.5 Å². The number of carbonyl (C=O) groups is 1. The largest absolute Gasteiger partial charge is 0.466 e. The molecule has 0 aliphatic rings. The number of nitrogens with zero attached hydrogens (tertiary/aromatic N) is 2. The number of hydrogen-bond acceptors (Lipinski definition) is 6. The number of carbonyl (C=O) groups excluding carboxylic acids is 1. The van der Waals surface area contributed by atoms with Gasteiger partial charge in [0.1, 0.15) is 0 Å². The molecule has 0 aliphatic carbocycles. The Bertz CT molecular complexity index is 1080. The molecular weight excluding hydrogens is 456 g/mol. The number of benzene rings is 2. The summed E-state index contributed by atoms with van der Waals surface area (Å²) >= 11 is 0.